The van der Waals surface area contributed by atoms with Crippen molar-refractivity contribution in [1.29, 1.82) is 0 Å². The molecule has 2 aromatic heterocycles. The number of morpholine rings is 1. The highest BCUT2D eigenvalue weighted by atomic mass is 19.4. The predicted molar refractivity (Wildman–Crippen MR) is 99.6 cm³/mol. The molecule has 0 bridgehead atoms. The van der Waals surface area contributed by atoms with Gasteiger partial charge in [-0.15, -0.1) is 0 Å². The fourth-order valence-electron chi connectivity index (χ4n) is 3.56. The van der Waals surface area contributed by atoms with E-state index in [-0.39, 0.29) is 19.2 Å². The van der Waals surface area contributed by atoms with Crippen LogP contribution in [0.2, 0.25) is 0 Å². The maximum Gasteiger partial charge on any atom is 0.415 e. The highest BCUT2D eigenvalue weighted by Gasteiger charge is 2.44. The van der Waals surface area contributed by atoms with Crippen LogP contribution in [-0.4, -0.2) is 51.1 Å². The van der Waals surface area contributed by atoms with Gasteiger partial charge < -0.3 is 4.74 Å². The second-order valence-corrected chi connectivity index (χ2v) is 7.25. The molecule has 0 aliphatic carbocycles. The molecule has 1 saturated heterocycles. The number of ether oxygens (including phenoxy) is 1. The van der Waals surface area contributed by atoms with Gasteiger partial charge in [0.15, 0.2) is 6.10 Å². The van der Waals surface area contributed by atoms with Gasteiger partial charge >= 0.3 is 6.18 Å². The number of benzene rings is 1. The van der Waals surface area contributed by atoms with Crippen molar-refractivity contribution in [2.45, 2.75) is 31.8 Å². The minimum atomic E-state index is -4.35. The first kappa shape index (κ1) is 18.9. The quantitative estimate of drug-likeness (QED) is 0.683. The van der Waals surface area contributed by atoms with Crippen molar-refractivity contribution < 1.29 is 17.9 Å². The van der Waals surface area contributed by atoms with Crippen LogP contribution >= 0.6 is 0 Å². The molecule has 1 aliphatic rings. The van der Waals surface area contributed by atoms with Gasteiger partial charge in [0.1, 0.15) is 0 Å². The number of hydrogen-bond acceptors (Lipinski definition) is 4. The second kappa shape index (κ2) is 7.18. The summed E-state index contributed by atoms with van der Waals surface area (Å²) in [5.41, 5.74) is 3.77. The molecule has 4 rings (SSSR count). The first-order valence-corrected chi connectivity index (χ1v) is 9.10. The van der Waals surface area contributed by atoms with Crippen molar-refractivity contribution in [3.05, 3.63) is 48.4 Å². The summed E-state index contributed by atoms with van der Waals surface area (Å²) in [4.78, 5) is 6.26. The van der Waals surface area contributed by atoms with Gasteiger partial charge in [0, 0.05) is 49.5 Å². The second-order valence-electron chi connectivity index (χ2n) is 7.25. The zero-order chi connectivity index (χ0) is 19.9. The van der Waals surface area contributed by atoms with E-state index in [1.54, 1.807) is 17.1 Å². The van der Waals surface area contributed by atoms with E-state index in [2.05, 4.69) is 10.1 Å². The summed E-state index contributed by atoms with van der Waals surface area (Å²) in [5.74, 6) is 0. The van der Waals surface area contributed by atoms with E-state index < -0.39 is 12.3 Å². The molecule has 1 fully saturated rings. The Labute approximate surface area is 160 Å². The fourth-order valence-corrected chi connectivity index (χ4v) is 3.56. The molecule has 0 spiro atoms. The summed E-state index contributed by atoms with van der Waals surface area (Å²) < 4.78 is 45.8. The molecule has 0 radical (unpaired) electrons. The molecule has 0 saturated carbocycles. The fraction of sp³-hybridized carbons (Fsp3) is 0.400. The van der Waals surface area contributed by atoms with Crippen LogP contribution in [0.3, 0.4) is 0 Å². The van der Waals surface area contributed by atoms with E-state index in [1.165, 1.54) is 0 Å². The summed E-state index contributed by atoms with van der Waals surface area (Å²) in [6.45, 7) is 2.21. The Bertz CT molecular complexity index is 985. The highest BCUT2D eigenvalue weighted by Crippen LogP contribution is 2.30. The van der Waals surface area contributed by atoms with Crippen LogP contribution in [0.4, 0.5) is 13.2 Å². The Kier molecular flexibility index (Phi) is 4.84. The first-order valence-electron chi connectivity index (χ1n) is 9.10. The van der Waals surface area contributed by atoms with Crippen molar-refractivity contribution >= 4 is 10.9 Å². The van der Waals surface area contributed by atoms with E-state index in [0.29, 0.717) is 6.54 Å². The summed E-state index contributed by atoms with van der Waals surface area (Å²) in [6.07, 6.45) is -0.600. The monoisotopic (exact) mass is 390 g/mol. The van der Waals surface area contributed by atoms with Crippen LogP contribution in [0.1, 0.15) is 12.5 Å². The Balaban J connectivity index is 1.60. The maximum atomic E-state index is 13.0. The molecule has 3 heterocycles. The third-order valence-corrected chi connectivity index (χ3v) is 5.14. The molecule has 0 N–H and O–H groups in total. The smallest absolute Gasteiger partial charge is 0.366 e. The lowest BCUT2D eigenvalue weighted by Crippen LogP contribution is -2.52. The SMILES string of the molecule is C[C@@H]1CO[C@@H](C(F)(F)F)CN1Cc1ccc2c(-c3cnn(C)c3)ccnc2c1. The lowest BCUT2D eigenvalue weighted by molar-refractivity contribution is -0.244. The van der Waals surface area contributed by atoms with E-state index in [0.717, 1.165) is 27.6 Å². The standard InChI is InChI=1S/C20H21F3N4O/c1-13-12-28-19(20(21,22)23)11-27(13)9-14-3-4-17-16(5-6-24-18(17)7-14)15-8-25-26(2)10-15/h3-8,10,13,19H,9,11-12H2,1-2H3/t13-,19-/m1/s1. The summed E-state index contributed by atoms with van der Waals surface area (Å²) in [5, 5.41) is 5.20. The van der Waals surface area contributed by atoms with Crippen LogP contribution in [-0.2, 0) is 18.3 Å². The Morgan fingerprint density at radius 3 is 2.79 bits per heavy atom. The number of halogens is 3. The summed E-state index contributed by atoms with van der Waals surface area (Å²) >= 11 is 0. The van der Waals surface area contributed by atoms with E-state index >= 15 is 0 Å². The van der Waals surface area contributed by atoms with Crippen molar-refractivity contribution in [2.24, 2.45) is 7.05 Å². The molecule has 3 aromatic rings. The summed E-state index contributed by atoms with van der Waals surface area (Å²) in [7, 11) is 1.86. The average Bonchev–Trinajstić information content (AvgIpc) is 3.08. The van der Waals surface area contributed by atoms with Crippen molar-refractivity contribution in [2.75, 3.05) is 13.2 Å². The topological polar surface area (TPSA) is 43.2 Å². The number of aryl methyl sites for hydroxylation is 1. The Morgan fingerprint density at radius 2 is 2.07 bits per heavy atom. The lowest BCUT2D eigenvalue weighted by atomic mass is 10.0. The molecule has 0 unspecified atom stereocenters. The molecule has 1 aromatic carbocycles. The summed E-state index contributed by atoms with van der Waals surface area (Å²) in [6, 6.07) is 7.74. The predicted octanol–water partition coefficient (Wildman–Crippen LogP) is 3.79. The van der Waals surface area contributed by atoms with E-state index in [1.807, 2.05) is 49.3 Å². The highest BCUT2D eigenvalue weighted by molar-refractivity contribution is 5.94. The van der Waals surface area contributed by atoms with Gasteiger partial charge in [-0.1, -0.05) is 12.1 Å². The zero-order valence-corrected chi connectivity index (χ0v) is 15.6. The largest absolute Gasteiger partial charge is 0.415 e. The van der Waals surface area contributed by atoms with Gasteiger partial charge in [0.2, 0.25) is 0 Å². The van der Waals surface area contributed by atoms with Crippen LogP contribution in [0.25, 0.3) is 22.0 Å². The van der Waals surface area contributed by atoms with E-state index in [9.17, 15) is 13.2 Å². The van der Waals surface area contributed by atoms with Gasteiger partial charge in [-0.2, -0.15) is 18.3 Å². The number of hydrogen-bond donors (Lipinski definition) is 0. The number of pyridine rings is 1. The third-order valence-electron chi connectivity index (χ3n) is 5.14. The zero-order valence-electron chi connectivity index (χ0n) is 15.6. The first-order chi connectivity index (χ1) is 13.3. The molecule has 148 valence electrons. The minimum absolute atomic E-state index is 0.0706. The Hall–Kier alpha value is -2.45. The van der Waals surface area contributed by atoms with Gasteiger partial charge in [-0.25, -0.2) is 0 Å². The number of rotatable bonds is 3. The molecule has 5 nitrogen and oxygen atoms in total. The van der Waals surface area contributed by atoms with E-state index in [4.69, 9.17) is 4.74 Å². The number of alkyl halides is 3. The van der Waals surface area contributed by atoms with Gasteiger partial charge in [0.25, 0.3) is 0 Å². The van der Waals surface area contributed by atoms with Crippen molar-refractivity contribution in [3.8, 4) is 11.1 Å². The average molecular weight is 390 g/mol. The molecule has 8 heteroatoms. The number of fused-ring (bicyclic) bond motifs is 1. The van der Waals surface area contributed by atoms with Crippen molar-refractivity contribution in [3.63, 3.8) is 0 Å². The number of aromatic nitrogens is 3. The number of nitrogens with zero attached hydrogens (tertiary/aromatic N) is 4. The molecular formula is C20H21F3N4O. The molecule has 28 heavy (non-hydrogen) atoms. The molecule has 1 aliphatic heterocycles. The van der Waals surface area contributed by atoms with Crippen LogP contribution in [0.5, 0.6) is 0 Å². The van der Waals surface area contributed by atoms with Gasteiger partial charge in [-0.05, 0) is 30.2 Å². The Morgan fingerprint density at radius 1 is 1.25 bits per heavy atom. The maximum absolute atomic E-state index is 13.0. The molecule has 0 amide bonds. The van der Waals surface area contributed by atoms with Crippen LogP contribution in [0.15, 0.2) is 42.9 Å². The third kappa shape index (κ3) is 3.74. The molecule has 2 atom stereocenters. The van der Waals surface area contributed by atoms with Gasteiger partial charge in [0.05, 0.1) is 18.3 Å². The minimum Gasteiger partial charge on any atom is -0.366 e. The van der Waals surface area contributed by atoms with Gasteiger partial charge in [-0.3, -0.25) is 14.6 Å². The van der Waals surface area contributed by atoms with Crippen LogP contribution < -0.4 is 0 Å². The van der Waals surface area contributed by atoms with Crippen LogP contribution in [0, 0.1) is 0 Å². The van der Waals surface area contributed by atoms with Crippen molar-refractivity contribution in [1.82, 2.24) is 19.7 Å². The normalized spacial score (nSPS) is 21.3. The molecular weight excluding hydrogens is 369 g/mol. The lowest BCUT2D eigenvalue weighted by Gasteiger charge is -2.38.